The van der Waals surface area contributed by atoms with Crippen LogP contribution in [0.25, 0.3) is 0 Å². The van der Waals surface area contributed by atoms with Crippen molar-refractivity contribution >= 4 is 40.5 Å². The van der Waals surface area contributed by atoms with Gasteiger partial charge in [0.05, 0.1) is 26.9 Å². The van der Waals surface area contributed by atoms with Crippen molar-refractivity contribution in [2.24, 2.45) is 0 Å². The number of amides is 1. The molecule has 0 bridgehead atoms. The molecule has 1 amide bonds. The normalized spacial score (nSPS) is 11.5. The van der Waals surface area contributed by atoms with Crippen molar-refractivity contribution in [1.29, 1.82) is 0 Å². The fraction of sp³-hybridized carbons (Fsp3) is 0.125. The lowest BCUT2D eigenvalue weighted by Crippen LogP contribution is -2.30. The Morgan fingerprint density at radius 1 is 1.31 bits per heavy atom. The molecule has 0 aromatic heterocycles. The summed E-state index contributed by atoms with van der Waals surface area (Å²) in [4.78, 5) is 34.2. The second kappa shape index (κ2) is 7.79. The number of hydrogen-bond donors (Lipinski definition) is 2. The predicted molar refractivity (Wildman–Crippen MR) is 92.4 cm³/mol. The lowest BCUT2D eigenvalue weighted by Gasteiger charge is -2.15. The number of ether oxygens (including phenoxy) is 1. The minimum Gasteiger partial charge on any atom is -0.449 e. The summed E-state index contributed by atoms with van der Waals surface area (Å²) in [6.07, 6.45) is -1.22. The van der Waals surface area contributed by atoms with Crippen LogP contribution < -0.4 is 11.1 Å². The Kier molecular flexibility index (Phi) is 5.73. The molecule has 10 heteroatoms. The van der Waals surface area contributed by atoms with E-state index in [0.29, 0.717) is 0 Å². The van der Waals surface area contributed by atoms with E-state index < -0.39 is 28.7 Å². The first-order chi connectivity index (χ1) is 12.2. The lowest BCUT2D eigenvalue weighted by atomic mass is 10.1. The van der Waals surface area contributed by atoms with E-state index in [1.807, 2.05) is 0 Å². The van der Waals surface area contributed by atoms with Gasteiger partial charge < -0.3 is 15.8 Å². The van der Waals surface area contributed by atoms with Crippen LogP contribution in [0.15, 0.2) is 36.4 Å². The number of nitrogen functional groups attached to an aromatic ring is 1. The summed E-state index contributed by atoms with van der Waals surface area (Å²) in [7, 11) is 0. The van der Waals surface area contributed by atoms with Crippen LogP contribution in [0.2, 0.25) is 5.02 Å². The van der Waals surface area contributed by atoms with Crippen LogP contribution in [0.1, 0.15) is 17.3 Å². The van der Waals surface area contributed by atoms with E-state index >= 15 is 0 Å². The third-order valence-electron chi connectivity index (χ3n) is 3.31. The number of nitro benzene ring substituents is 1. The maximum atomic E-state index is 13.0. The van der Waals surface area contributed by atoms with Crippen LogP contribution in [0, 0.1) is 15.9 Å². The molecule has 26 heavy (non-hydrogen) atoms. The summed E-state index contributed by atoms with van der Waals surface area (Å²) in [6.45, 7) is 1.31. The highest BCUT2D eigenvalue weighted by atomic mass is 35.5. The molecule has 1 atom stereocenters. The Hall–Kier alpha value is -3.20. The molecular weight excluding hydrogens is 369 g/mol. The van der Waals surface area contributed by atoms with Crippen LogP contribution in [0.3, 0.4) is 0 Å². The number of nitrogens with one attached hydrogen (secondary N) is 1. The number of carbonyl (C=O) groups is 2. The number of non-ortho nitro benzene ring substituents is 1. The van der Waals surface area contributed by atoms with Gasteiger partial charge in [-0.1, -0.05) is 11.6 Å². The average molecular weight is 382 g/mol. The number of nitrogens with two attached hydrogens (primary N) is 1. The molecular formula is C16H13ClFN3O5. The Labute approximate surface area is 151 Å². The topological polar surface area (TPSA) is 125 Å². The number of carbonyl (C=O) groups excluding carboxylic acids is 2. The highest BCUT2D eigenvalue weighted by Gasteiger charge is 2.22. The molecule has 8 nitrogen and oxygen atoms in total. The van der Waals surface area contributed by atoms with Gasteiger partial charge in [-0.05, 0) is 31.2 Å². The largest absolute Gasteiger partial charge is 0.449 e. The van der Waals surface area contributed by atoms with E-state index in [2.05, 4.69) is 5.32 Å². The second-order valence-corrected chi connectivity index (χ2v) is 5.60. The quantitative estimate of drug-likeness (QED) is 0.355. The summed E-state index contributed by atoms with van der Waals surface area (Å²) in [6, 6.07) is 6.63. The average Bonchev–Trinajstić information content (AvgIpc) is 2.56. The number of halogens is 2. The van der Waals surface area contributed by atoms with Gasteiger partial charge in [-0.2, -0.15) is 0 Å². The summed E-state index contributed by atoms with van der Waals surface area (Å²) in [5, 5.41) is 13.1. The summed E-state index contributed by atoms with van der Waals surface area (Å²) in [5.74, 6) is -2.20. The van der Waals surface area contributed by atoms with Crippen molar-refractivity contribution in [1.82, 2.24) is 0 Å². The second-order valence-electron chi connectivity index (χ2n) is 5.19. The van der Waals surface area contributed by atoms with Gasteiger partial charge in [0, 0.05) is 12.1 Å². The number of benzene rings is 2. The maximum absolute atomic E-state index is 13.0. The van der Waals surface area contributed by atoms with E-state index in [9.17, 15) is 24.1 Å². The van der Waals surface area contributed by atoms with Crippen LogP contribution >= 0.6 is 11.6 Å². The molecule has 136 valence electrons. The number of nitro groups is 1. The van der Waals surface area contributed by atoms with E-state index in [-0.39, 0.29) is 27.6 Å². The summed E-state index contributed by atoms with van der Waals surface area (Å²) in [5.41, 5.74) is 5.21. The Morgan fingerprint density at radius 2 is 2.00 bits per heavy atom. The van der Waals surface area contributed by atoms with Crippen LogP contribution in [-0.4, -0.2) is 22.9 Å². The first-order valence-corrected chi connectivity index (χ1v) is 7.57. The van der Waals surface area contributed by atoms with Crippen molar-refractivity contribution in [3.05, 3.63) is 62.9 Å². The van der Waals surface area contributed by atoms with Crippen LogP contribution in [0.4, 0.5) is 21.5 Å². The standard InChI is InChI=1S/C16H13ClFN3O5/c1-8(15(22)20-14-5-2-9(18)6-12(14)17)26-16(23)11-4-3-10(21(24)25)7-13(11)19/h2-8H,19H2,1H3,(H,20,22). The zero-order valence-corrected chi connectivity index (χ0v) is 14.1. The molecule has 2 aromatic carbocycles. The van der Waals surface area contributed by atoms with Gasteiger partial charge in [-0.15, -0.1) is 0 Å². The van der Waals surface area contributed by atoms with Gasteiger partial charge in [-0.3, -0.25) is 14.9 Å². The molecule has 0 saturated carbocycles. The highest BCUT2D eigenvalue weighted by molar-refractivity contribution is 6.33. The van der Waals surface area contributed by atoms with E-state index in [4.69, 9.17) is 22.1 Å². The van der Waals surface area contributed by atoms with Crippen molar-refractivity contribution < 1.29 is 23.6 Å². The third kappa shape index (κ3) is 4.45. The van der Waals surface area contributed by atoms with Gasteiger partial charge in [-0.25, -0.2) is 9.18 Å². The maximum Gasteiger partial charge on any atom is 0.341 e. The molecule has 0 fully saturated rings. The zero-order valence-electron chi connectivity index (χ0n) is 13.4. The van der Waals surface area contributed by atoms with Crippen LogP contribution in [0.5, 0.6) is 0 Å². The van der Waals surface area contributed by atoms with Gasteiger partial charge in [0.2, 0.25) is 0 Å². The van der Waals surface area contributed by atoms with E-state index in [0.717, 1.165) is 30.3 Å². The van der Waals surface area contributed by atoms with E-state index in [1.54, 1.807) is 0 Å². The summed E-state index contributed by atoms with van der Waals surface area (Å²) < 4.78 is 18.0. The molecule has 2 aromatic rings. The Morgan fingerprint density at radius 3 is 2.58 bits per heavy atom. The molecule has 0 aliphatic heterocycles. The SMILES string of the molecule is CC(OC(=O)c1ccc([N+](=O)[O-])cc1N)C(=O)Nc1ccc(F)cc1Cl. The summed E-state index contributed by atoms with van der Waals surface area (Å²) >= 11 is 5.81. The van der Waals surface area contributed by atoms with E-state index in [1.165, 1.54) is 13.0 Å². The Bertz CT molecular complexity index is 890. The van der Waals surface area contributed by atoms with Crippen molar-refractivity contribution in [2.45, 2.75) is 13.0 Å². The molecule has 0 aliphatic rings. The minimum absolute atomic E-state index is 0.0171. The smallest absolute Gasteiger partial charge is 0.341 e. The van der Waals surface area contributed by atoms with Crippen LogP contribution in [-0.2, 0) is 9.53 Å². The fourth-order valence-corrected chi connectivity index (χ4v) is 2.17. The molecule has 2 rings (SSSR count). The molecule has 0 heterocycles. The van der Waals surface area contributed by atoms with Crippen molar-refractivity contribution in [3.8, 4) is 0 Å². The predicted octanol–water partition coefficient (Wildman–Crippen LogP) is 3.15. The number of esters is 1. The molecule has 3 N–H and O–H groups in total. The number of anilines is 2. The highest BCUT2D eigenvalue weighted by Crippen LogP contribution is 2.23. The molecule has 0 saturated heterocycles. The monoisotopic (exact) mass is 381 g/mol. The number of hydrogen-bond acceptors (Lipinski definition) is 6. The molecule has 0 spiro atoms. The van der Waals surface area contributed by atoms with Crippen molar-refractivity contribution in [2.75, 3.05) is 11.1 Å². The van der Waals surface area contributed by atoms with Gasteiger partial charge in [0.1, 0.15) is 5.82 Å². The molecule has 0 radical (unpaired) electrons. The lowest BCUT2D eigenvalue weighted by molar-refractivity contribution is -0.384. The Balaban J connectivity index is 2.06. The number of rotatable bonds is 5. The first-order valence-electron chi connectivity index (χ1n) is 7.20. The fourth-order valence-electron chi connectivity index (χ4n) is 1.95. The van der Waals surface area contributed by atoms with Gasteiger partial charge in [0.15, 0.2) is 6.10 Å². The molecule has 0 aliphatic carbocycles. The number of nitrogens with zero attached hydrogens (tertiary/aromatic N) is 1. The third-order valence-corrected chi connectivity index (χ3v) is 3.62. The minimum atomic E-state index is -1.22. The van der Waals surface area contributed by atoms with Gasteiger partial charge in [0.25, 0.3) is 11.6 Å². The first kappa shape index (κ1) is 19.1. The van der Waals surface area contributed by atoms with Gasteiger partial charge >= 0.3 is 5.97 Å². The van der Waals surface area contributed by atoms with Crippen molar-refractivity contribution in [3.63, 3.8) is 0 Å². The zero-order chi connectivity index (χ0) is 19.4. The molecule has 1 unspecified atom stereocenters.